The number of anilines is 6. The molecule has 2 nitrogen and oxygen atoms in total. The number of benzene rings is 6. The van der Waals surface area contributed by atoms with Crippen molar-refractivity contribution < 1.29 is 0 Å². The third kappa shape index (κ3) is 5.49. The maximum Gasteiger partial charge on any atom is 0.252 e. The van der Waals surface area contributed by atoms with E-state index in [0.717, 1.165) is 12.8 Å². The second-order valence-corrected chi connectivity index (χ2v) is 26.5. The van der Waals surface area contributed by atoms with Gasteiger partial charge in [-0.2, -0.15) is 0 Å². The molecule has 0 saturated heterocycles. The predicted molar refractivity (Wildman–Crippen MR) is 284 cm³/mol. The zero-order valence-corrected chi connectivity index (χ0v) is 43.0. The second kappa shape index (κ2) is 12.7. The molecule has 6 aromatic carbocycles. The van der Waals surface area contributed by atoms with Crippen LogP contribution >= 0.6 is 0 Å². The van der Waals surface area contributed by atoms with E-state index in [-0.39, 0.29) is 44.6 Å². The molecule has 336 valence electrons. The predicted octanol–water partition coefficient (Wildman–Crippen LogP) is 15.0. The number of hydrogen-bond acceptors (Lipinski definition) is 2. The summed E-state index contributed by atoms with van der Waals surface area (Å²) in [5.74, 6) is 0. The molecule has 0 N–H and O–H groups in total. The van der Waals surface area contributed by atoms with Gasteiger partial charge in [-0.15, -0.1) is 0 Å². The molecule has 0 unspecified atom stereocenters. The van der Waals surface area contributed by atoms with Crippen molar-refractivity contribution in [3.05, 3.63) is 147 Å². The van der Waals surface area contributed by atoms with Gasteiger partial charge in [-0.05, 0) is 198 Å². The van der Waals surface area contributed by atoms with Crippen LogP contribution in [0.15, 0.2) is 91.0 Å². The zero-order chi connectivity index (χ0) is 46.8. The Balaban J connectivity index is 1.21. The van der Waals surface area contributed by atoms with E-state index < -0.39 is 0 Å². The molecule has 0 bridgehead atoms. The second-order valence-electron chi connectivity index (χ2n) is 26.5. The monoisotopic (exact) mass is 867 g/mol. The SMILES string of the molecule is Cc1cc2c3c(c1)N(c1cc4c(cc1C)C(C)(C)CC4(C)C)c1cc4c(cc1B3c1cc3c(cc1N2c1ccc2c(c1)-c1ccccc1C2(C)C)C(C)(C)CCC3(C)C)C(C)(C)CC4(C)C. The van der Waals surface area contributed by atoms with Crippen molar-refractivity contribution in [1.82, 2.24) is 0 Å². The number of fused-ring (bicyclic) bond motifs is 10. The van der Waals surface area contributed by atoms with E-state index in [4.69, 9.17) is 0 Å². The Morgan fingerprint density at radius 2 is 0.848 bits per heavy atom. The van der Waals surface area contributed by atoms with E-state index in [9.17, 15) is 0 Å². The van der Waals surface area contributed by atoms with Crippen molar-refractivity contribution >= 4 is 57.2 Å². The molecule has 6 aromatic rings. The van der Waals surface area contributed by atoms with Crippen molar-refractivity contribution in [2.24, 2.45) is 0 Å². The number of aryl methyl sites for hydroxylation is 2. The minimum Gasteiger partial charge on any atom is -0.311 e. The Hall–Kier alpha value is -5.02. The molecule has 2 aliphatic heterocycles. The van der Waals surface area contributed by atoms with Gasteiger partial charge in [0.2, 0.25) is 0 Å². The zero-order valence-electron chi connectivity index (χ0n) is 43.0. The first-order valence-corrected chi connectivity index (χ1v) is 25.3. The highest BCUT2D eigenvalue weighted by Gasteiger charge is 2.51. The van der Waals surface area contributed by atoms with E-state index >= 15 is 0 Å². The van der Waals surface area contributed by atoms with Crippen molar-refractivity contribution in [3.63, 3.8) is 0 Å². The standard InChI is InChI=1S/C63H71BN2/c1-36-25-54-56-55(26-36)66(51-31-47-43(27-37(51)2)59(7,8)34-61(47,11)12)53-33-48-45(60(9,10)35-62(48,13)14)30-50(53)64(56)49-29-44-46(58(5,6)24-23-57(44,3)4)32-52(49)65(54)38-21-22-42-40(28-38)39-19-17-18-20-41(39)63(42,15)16/h17-22,25-33H,23-24,34-35H2,1-16H3. The van der Waals surface area contributed by atoms with Crippen LogP contribution in [0.25, 0.3) is 11.1 Å². The van der Waals surface area contributed by atoms with Crippen LogP contribution < -0.4 is 26.2 Å². The van der Waals surface area contributed by atoms with Gasteiger partial charge in [-0.1, -0.05) is 145 Å². The molecular formula is C63H71BN2. The third-order valence-electron chi connectivity index (χ3n) is 18.4. The van der Waals surface area contributed by atoms with Gasteiger partial charge in [-0.3, -0.25) is 0 Å². The van der Waals surface area contributed by atoms with E-state index in [0.29, 0.717) is 0 Å². The Kier molecular flexibility index (Phi) is 8.17. The summed E-state index contributed by atoms with van der Waals surface area (Å²) < 4.78 is 0. The summed E-state index contributed by atoms with van der Waals surface area (Å²) in [7, 11) is 0. The fourth-order valence-electron chi connectivity index (χ4n) is 15.4. The van der Waals surface area contributed by atoms with Crippen molar-refractivity contribution in [3.8, 4) is 11.1 Å². The smallest absolute Gasteiger partial charge is 0.252 e. The fraction of sp³-hybridized carbons (Fsp3) is 0.429. The van der Waals surface area contributed by atoms with Gasteiger partial charge in [0, 0.05) is 39.5 Å². The Morgan fingerprint density at radius 1 is 0.394 bits per heavy atom. The van der Waals surface area contributed by atoms with Crippen LogP contribution in [0, 0.1) is 13.8 Å². The molecule has 0 fully saturated rings. The third-order valence-corrected chi connectivity index (χ3v) is 18.4. The normalized spacial score (nSPS) is 21.5. The van der Waals surface area contributed by atoms with E-state index in [1.807, 2.05) is 0 Å². The first kappa shape index (κ1) is 42.3. The fourth-order valence-corrected chi connectivity index (χ4v) is 15.4. The molecule has 0 atom stereocenters. The van der Waals surface area contributed by atoms with Gasteiger partial charge < -0.3 is 9.80 Å². The van der Waals surface area contributed by atoms with Gasteiger partial charge in [0.05, 0.1) is 0 Å². The lowest BCUT2D eigenvalue weighted by Gasteiger charge is -2.48. The Morgan fingerprint density at radius 3 is 1.44 bits per heavy atom. The average molecular weight is 867 g/mol. The Labute approximate surface area is 397 Å². The van der Waals surface area contributed by atoms with E-state index in [1.165, 1.54) is 130 Å². The highest BCUT2D eigenvalue weighted by Crippen LogP contribution is 2.57. The van der Waals surface area contributed by atoms with Gasteiger partial charge in [0.15, 0.2) is 0 Å². The van der Waals surface area contributed by atoms with Gasteiger partial charge in [0.25, 0.3) is 6.71 Å². The summed E-state index contributed by atoms with van der Waals surface area (Å²) in [5, 5.41) is 0. The van der Waals surface area contributed by atoms with Gasteiger partial charge in [0.1, 0.15) is 0 Å². The molecular weight excluding hydrogens is 796 g/mol. The lowest BCUT2D eigenvalue weighted by Crippen LogP contribution is -2.62. The quantitative estimate of drug-likeness (QED) is 0.160. The molecule has 12 rings (SSSR count). The van der Waals surface area contributed by atoms with Crippen LogP contribution in [0.3, 0.4) is 0 Å². The average Bonchev–Trinajstić information content (AvgIpc) is 3.65. The summed E-state index contributed by atoms with van der Waals surface area (Å²) >= 11 is 0. The maximum atomic E-state index is 2.74. The maximum absolute atomic E-state index is 2.74. The number of nitrogens with zero attached hydrogens (tertiary/aromatic N) is 2. The van der Waals surface area contributed by atoms with E-state index in [2.05, 4.69) is 212 Å². The number of hydrogen-bond donors (Lipinski definition) is 0. The molecule has 0 amide bonds. The van der Waals surface area contributed by atoms with Gasteiger partial charge in [-0.25, -0.2) is 0 Å². The van der Waals surface area contributed by atoms with Crippen LogP contribution in [-0.2, 0) is 37.9 Å². The highest BCUT2D eigenvalue weighted by atomic mass is 15.2. The molecule has 66 heavy (non-hydrogen) atoms. The minimum atomic E-state index is -0.0587. The summed E-state index contributed by atoms with van der Waals surface area (Å²) in [6.45, 7) is 39.4. The van der Waals surface area contributed by atoms with Crippen LogP contribution in [0.1, 0.15) is 178 Å². The summed E-state index contributed by atoms with van der Waals surface area (Å²) in [6, 6.07) is 37.6. The van der Waals surface area contributed by atoms with Crippen LogP contribution in [0.4, 0.5) is 34.1 Å². The summed E-state index contributed by atoms with van der Waals surface area (Å²) in [4.78, 5) is 5.45. The lowest BCUT2D eigenvalue weighted by atomic mass is 9.32. The number of rotatable bonds is 2. The first-order chi connectivity index (χ1) is 30.7. The van der Waals surface area contributed by atoms with Gasteiger partial charge >= 0.3 is 0 Å². The lowest BCUT2D eigenvalue weighted by molar-refractivity contribution is 0.332. The topological polar surface area (TPSA) is 6.48 Å². The minimum absolute atomic E-state index is 0.0587. The molecule has 0 radical (unpaired) electrons. The van der Waals surface area contributed by atoms with E-state index in [1.54, 1.807) is 0 Å². The molecule has 6 aliphatic rings. The molecule has 3 heteroatoms. The Bertz CT molecular complexity index is 3170. The highest BCUT2D eigenvalue weighted by molar-refractivity contribution is 7.00. The molecule has 0 saturated carbocycles. The van der Waals surface area contributed by atoms with Crippen LogP contribution in [0.5, 0.6) is 0 Å². The van der Waals surface area contributed by atoms with Crippen LogP contribution in [-0.4, -0.2) is 6.71 Å². The van der Waals surface area contributed by atoms with Crippen LogP contribution in [0.2, 0.25) is 0 Å². The summed E-state index contributed by atoms with van der Waals surface area (Å²) in [6.07, 6.45) is 4.66. The molecule has 4 aliphatic carbocycles. The molecule has 0 spiro atoms. The molecule has 2 heterocycles. The molecule has 0 aromatic heterocycles. The first-order valence-electron chi connectivity index (χ1n) is 25.3. The largest absolute Gasteiger partial charge is 0.311 e. The van der Waals surface area contributed by atoms with Crippen molar-refractivity contribution in [2.45, 2.75) is 174 Å². The van der Waals surface area contributed by atoms with Crippen molar-refractivity contribution in [2.75, 3.05) is 9.80 Å². The van der Waals surface area contributed by atoms with Crippen molar-refractivity contribution in [1.29, 1.82) is 0 Å². The summed E-state index contributed by atoms with van der Waals surface area (Å²) in [5.41, 5.74) is 30.0.